The molecule has 414 valence electrons. The van der Waals surface area contributed by atoms with E-state index in [1.54, 1.807) is 0 Å². The summed E-state index contributed by atoms with van der Waals surface area (Å²) in [5, 5.41) is 0. The third kappa shape index (κ3) is 31.8. The molecular formula is C66H122O4Si. The van der Waals surface area contributed by atoms with E-state index in [1.165, 1.54) is 241 Å². The Bertz CT molecular complexity index is 1440. The van der Waals surface area contributed by atoms with Crippen molar-refractivity contribution in [2.75, 3.05) is 13.2 Å². The van der Waals surface area contributed by atoms with Crippen molar-refractivity contribution in [2.24, 2.45) is 17.8 Å². The van der Waals surface area contributed by atoms with Crippen LogP contribution in [-0.4, -0.2) is 27.6 Å². The van der Waals surface area contributed by atoms with Crippen LogP contribution in [0.4, 0.5) is 0 Å². The first-order valence-corrected chi connectivity index (χ1v) is 33.7. The lowest BCUT2D eigenvalue weighted by atomic mass is 9.84. The summed E-state index contributed by atoms with van der Waals surface area (Å²) in [6.45, 7) is 26.9. The zero-order chi connectivity index (χ0) is 51.8. The molecule has 0 radical (unpaired) electrons. The Kier molecular flexibility index (Phi) is 38.5. The van der Waals surface area contributed by atoms with E-state index in [1.807, 2.05) is 0 Å². The largest absolute Gasteiger partial charge is 0.562 e. The van der Waals surface area contributed by atoms with Crippen LogP contribution in [0.3, 0.4) is 0 Å². The van der Waals surface area contributed by atoms with Gasteiger partial charge in [0, 0.05) is 25.3 Å². The summed E-state index contributed by atoms with van der Waals surface area (Å²) in [7, 11) is -2.98. The van der Waals surface area contributed by atoms with Gasteiger partial charge in [-0.15, -0.1) is 0 Å². The molecule has 1 aliphatic rings. The van der Waals surface area contributed by atoms with Crippen molar-refractivity contribution < 1.29 is 18.0 Å². The average Bonchev–Trinajstić information content (AvgIpc) is 3.34. The molecule has 0 unspecified atom stereocenters. The normalized spacial score (nSPS) is 16.1. The molecule has 1 heterocycles. The summed E-state index contributed by atoms with van der Waals surface area (Å²) in [6.07, 6.45) is 60.4. The highest BCUT2D eigenvalue weighted by molar-refractivity contribution is 6.60. The summed E-state index contributed by atoms with van der Waals surface area (Å²) in [5.41, 5.74) is 4.83. The molecule has 0 amide bonds. The minimum Gasteiger partial charge on any atom is -0.500 e. The van der Waals surface area contributed by atoms with Crippen molar-refractivity contribution in [3.8, 4) is 11.5 Å². The first kappa shape index (κ1) is 65.5. The first-order chi connectivity index (χ1) is 34.3. The van der Waals surface area contributed by atoms with Crippen molar-refractivity contribution in [3.05, 3.63) is 46.6 Å². The molecule has 1 aliphatic heterocycles. The van der Waals surface area contributed by atoms with E-state index in [9.17, 15) is 0 Å². The number of rotatable bonds is 48. The van der Waals surface area contributed by atoms with Gasteiger partial charge in [0.2, 0.25) is 0 Å². The van der Waals surface area contributed by atoms with Crippen LogP contribution in [0.1, 0.15) is 315 Å². The smallest absolute Gasteiger partial charge is 0.500 e. The molecule has 0 fully saturated rings. The van der Waals surface area contributed by atoms with E-state index < -0.39 is 8.80 Å². The van der Waals surface area contributed by atoms with Gasteiger partial charge in [0.25, 0.3) is 0 Å². The standard InChI is InChI=1S/C66H122O4Si/c1-12-14-16-18-20-22-24-26-28-30-32-34-36-38-40-42-55-67-71(11,68-56-43-41-39-37-35-33-31-29-27-25-23-21-19-17-15-13-2)70-64-60(7)61(8)65-63(62(64)9)52-54-66(10,69-65)53-46-51-59(6)50-45-49-58(5)48-44-47-57(3)4/h26-29,57-59H,12-25,30-56H2,1-11H3/b28-26-,29-27-/t58-,59-,66-/m1/s1. The van der Waals surface area contributed by atoms with Gasteiger partial charge in [0.1, 0.15) is 17.1 Å². The summed E-state index contributed by atoms with van der Waals surface area (Å²) >= 11 is 0. The van der Waals surface area contributed by atoms with Crippen molar-refractivity contribution in [1.82, 2.24) is 0 Å². The predicted molar refractivity (Wildman–Crippen MR) is 316 cm³/mol. The number of benzene rings is 1. The van der Waals surface area contributed by atoms with Crippen LogP contribution in [-0.2, 0) is 15.3 Å². The second-order valence-electron chi connectivity index (χ2n) is 24.0. The Morgan fingerprint density at radius 3 is 1.32 bits per heavy atom. The van der Waals surface area contributed by atoms with Crippen molar-refractivity contribution in [3.63, 3.8) is 0 Å². The molecule has 4 nitrogen and oxygen atoms in total. The molecular weight excluding hydrogens is 885 g/mol. The van der Waals surface area contributed by atoms with Gasteiger partial charge in [-0.05, 0) is 152 Å². The minimum atomic E-state index is -2.98. The van der Waals surface area contributed by atoms with E-state index in [0.717, 1.165) is 61.4 Å². The Labute approximate surface area is 445 Å². The highest BCUT2D eigenvalue weighted by atomic mass is 28.4. The number of unbranched alkanes of at least 4 members (excludes halogenated alkanes) is 24. The Hall–Kier alpha value is -1.56. The van der Waals surface area contributed by atoms with E-state index in [2.05, 4.69) is 100 Å². The molecule has 2 rings (SSSR count). The summed E-state index contributed by atoms with van der Waals surface area (Å²) < 4.78 is 27.7. The van der Waals surface area contributed by atoms with Gasteiger partial charge in [-0.2, -0.15) is 0 Å². The Morgan fingerprint density at radius 1 is 0.493 bits per heavy atom. The van der Waals surface area contributed by atoms with Gasteiger partial charge in [0.05, 0.1) is 0 Å². The third-order valence-electron chi connectivity index (χ3n) is 16.2. The Morgan fingerprint density at radius 2 is 0.887 bits per heavy atom. The quantitative estimate of drug-likeness (QED) is 0.0370. The number of hydrogen-bond acceptors (Lipinski definition) is 4. The zero-order valence-electron chi connectivity index (χ0n) is 49.7. The fraction of sp³-hybridized carbons (Fsp3) is 0.848. The van der Waals surface area contributed by atoms with Crippen molar-refractivity contribution in [2.45, 2.75) is 332 Å². The lowest BCUT2D eigenvalue weighted by Crippen LogP contribution is -2.47. The highest BCUT2D eigenvalue weighted by Gasteiger charge is 2.40. The van der Waals surface area contributed by atoms with Crippen LogP contribution >= 0.6 is 0 Å². The first-order valence-electron chi connectivity index (χ1n) is 31.4. The van der Waals surface area contributed by atoms with Gasteiger partial charge in [-0.1, -0.05) is 226 Å². The number of allylic oxidation sites excluding steroid dienone is 4. The van der Waals surface area contributed by atoms with E-state index in [-0.39, 0.29) is 5.60 Å². The van der Waals surface area contributed by atoms with Crippen LogP contribution in [0, 0.1) is 38.5 Å². The molecule has 0 bridgehead atoms. The summed E-state index contributed by atoms with van der Waals surface area (Å²) in [4.78, 5) is 0. The van der Waals surface area contributed by atoms with Gasteiger partial charge >= 0.3 is 8.80 Å². The maximum atomic E-state index is 7.11. The van der Waals surface area contributed by atoms with Gasteiger partial charge < -0.3 is 18.0 Å². The molecule has 1 aromatic carbocycles. The number of hydrogen-bond donors (Lipinski definition) is 0. The topological polar surface area (TPSA) is 36.9 Å². The molecule has 1 aromatic rings. The maximum Gasteiger partial charge on any atom is 0.562 e. The second-order valence-corrected chi connectivity index (χ2v) is 26.5. The highest BCUT2D eigenvalue weighted by Crippen LogP contribution is 2.46. The van der Waals surface area contributed by atoms with Crippen LogP contribution in [0.25, 0.3) is 0 Å². The lowest BCUT2D eigenvalue weighted by Gasteiger charge is -2.39. The van der Waals surface area contributed by atoms with Crippen molar-refractivity contribution >= 4 is 8.80 Å². The zero-order valence-corrected chi connectivity index (χ0v) is 50.7. The molecule has 5 heteroatoms. The van der Waals surface area contributed by atoms with Gasteiger partial charge in [-0.25, -0.2) is 0 Å². The van der Waals surface area contributed by atoms with Crippen LogP contribution in [0.2, 0.25) is 6.55 Å². The van der Waals surface area contributed by atoms with Crippen LogP contribution < -0.4 is 9.16 Å². The minimum absolute atomic E-state index is 0.118. The maximum absolute atomic E-state index is 7.11. The van der Waals surface area contributed by atoms with E-state index in [0.29, 0.717) is 13.2 Å². The molecule has 0 saturated carbocycles. The molecule has 71 heavy (non-hydrogen) atoms. The SMILES string of the molecule is CCCCCCCC/C=C\CCCCCCCCO[Si](C)(OCCCCCCCC/C=C\CCCCCCCC)Oc1c(C)c(C)c2c(c1C)CC[C@@](C)(CCC[C@H](C)CCC[C@H](C)CCCC(C)C)O2. The van der Waals surface area contributed by atoms with Gasteiger partial charge in [0.15, 0.2) is 0 Å². The summed E-state index contributed by atoms with van der Waals surface area (Å²) in [5.74, 6) is 4.58. The average molecular weight is 1010 g/mol. The third-order valence-corrected chi connectivity index (χ3v) is 18.2. The number of ether oxygens (including phenoxy) is 1. The van der Waals surface area contributed by atoms with Crippen LogP contribution in [0.5, 0.6) is 11.5 Å². The van der Waals surface area contributed by atoms with Gasteiger partial charge in [-0.3, -0.25) is 0 Å². The molecule has 0 spiro atoms. The lowest BCUT2D eigenvalue weighted by molar-refractivity contribution is 0.0510. The Balaban J connectivity index is 1.89. The number of fused-ring (bicyclic) bond motifs is 1. The fourth-order valence-corrected chi connectivity index (χ4v) is 12.8. The van der Waals surface area contributed by atoms with Crippen LogP contribution in [0.15, 0.2) is 24.3 Å². The van der Waals surface area contributed by atoms with Crippen molar-refractivity contribution in [1.29, 1.82) is 0 Å². The predicted octanol–water partition coefficient (Wildman–Crippen LogP) is 22.2. The molecule has 3 atom stereocenters. The van der Waals surface area contributed by atoms with E-state index in [4.69, 9.17) is 18.0 Å². The second kappa shape index (κ2) is 41.7. The molecule has 0 aromatic heterocycles. The molecule has 0 aliphatic carbocycles. The monoisotopic (exact) mass is 1010 g/mol. The fourth-order valence-electron chi connectivity index (χ4n) is 10.9. The molecule has 0 N–H and O–H groups in total. The molecule has 0 saturated heterocycles. The summed E-state index contributed by atoms with van der Waals surface area (Å²) in [6, 6.07) is 0. The van der Waals surface area contributed by atoms with E-state index >= 15 is 0 Å².